The fourth-order valence-corrected chi connectivity index (χ4v) is 10.1. The number of hydrogen-bond acceptors (Lipinski definition) is 4. The average molecular weight is 584 g/mol. The van der Waals surface area contributed by atoms with Gasteiger partial charge in [-0.15, -0.1) is 0 Å². The van der Waals surface area contributed by atoms with E-state index in [0.29, 0.717) is 11.3 Å². The number of rotatable bonds is 3. The van der Waals surface area contributed by atoms with Gasteiger partial charge in [0.15, 0.2) is 0 Å². The lowest BCUT2D eigenvalue weighted by molar-refractivity contribution is -0.160. The van der Waals surface area contributed by atoms with E-state index in [0.717, 1.165) is 34.7 Å². The van der Waals surface area contributed by atoms with E-state index in [-0.39, 0.29) is 17.5 Å². The Morgan fingerprint density at radius 3 is 2.39 bits per heavy atom. The zero-order chi connectivity index (χ0) is 26.7. The molecule has 0 spiro atoms. The van der Waals surface area contributed by atoms with E-state index in [4.69, 9.17) is 4.74 Å². The van der Waals surface area contributed by atoms with Crippen molar-refractivity contribution < 1.29 is 9.53 Å². The Morgan fingerprint density at radius 1 is 0.974 bits per heavy atom. The second-order valence-electron chi connectivity index (χ2n) is 13.9. The Hall–Kier alpha value is -1.17. The summed E-state index contributed by atoms with van der Waals surface area (Å²) < 4.78 is 7.26. The predicted octanol–water partition coefficient (Wildman–Crippen LogP) is 7.03. The number of carbonyl (C=O) groups excluding carboxylic acids is 1. The average Bonchev–Trinajstić information content (AvgIpc) is 3.16. The normalized spacial score (nSPS) is 42.8. The van der Waals surface area contributed by atoms with Gasteiger partial charge >= 0.3 is 5.97 Å². The lowest BCUT2D eigenvalue weighted by atomic mass is 9.45. The third kappa shape index (κ3) is 4.73. The highest BCUT2D eigenvalue weighted by Crippen LogP contribution is 2.67. The van der Waals surface area contributed by atoms with Gasteiger partial charge in [-0.1, -0.05) is 48.0 Å². The minimum absolute atomic E-state index is 0.0499. The van der Waals surface area contributed by atoms with E-state index >= 15 is 0 Å². The Morgan fingerprint density at radius 2 is 1.68 bits per heavy atom. The van der Waals surface area contributed by atoms with Crippen LogP contribution in [0.25, 0.3) is 6.08 Å². The molecule has 6 rings (SSSR count). The van der Waals surface area contributed by atoms with Crippen molar-refractivity contribution in [1.29, 1.82) is 0 Å². The number of piperazine rings is 1. The first kappa shape index (κ1) is 27.0. The summed E-state index contributed by atoms with van der Waals surface area (Å²) >= 11 is 3.57. The van der Waals surface area contributed by atoms with Crippen LogP contribution in [0.2, 0.25) is 0 Å². The van der Waals surface area contributed by atoms with E-state index in [9.17, 15) is 4.79 Å². The molecule has 4 saturated carbocycles. The van der Waals surface area contributed by atoms with Crippen molar-refractivity contribution in [3.63, 3.8) is 0 Å². The molecule has 0 amide bonds. The molecule has 5 aliphatic rings. The van der Waals surface area contributed by atoms with Crippen LogP contribution in [0.5, 0.6) is 0 Å². The highest BCUT2D eigenvalue weighted by atomic mass is 79.9. The number of ether oxygens (including phenoxy) is 1. The number of nitrogens with zero attached hydrogens (tertiary/aromatic N) is 2. The first-order valence-electron chi connectivity index (χ1n) is 15.2. The minimum Gasteiger partial charge on any atom is -0.457 e. The van der Waals surface area contributed by atoms with Gasteiger partial charge in [0.1, 0.15) is 6.10 Å². The van der Waals surface area contributed by atoms with Gasteiger partial charge < -0.3 is 9.64 Å². The van der Waals surface area contributed by atoms with Crippen molar-refractivity contribution in [2.75, 3.05) is 33.2 Å². The largest absolute Gasteiger partial charge is 0.457 e. The van der Waals surface area contributed by atoms with E-state index in [1.807, 2.05) is 0 Å². The van der Waals surface area contributed by atoms with Crippen LogP contribution in [0.4, 0.5) is 0 Å². The standard InChI is InChI=1S/C33H47BrN2O2/c1-22(37)38-31-24(19-23-5-8-26(34)9-6-23)20-30-28-10-7-25-21-27(36-17-15-35(4)16-18-36)11-13-32(25,2)29(28)12-14-33(30,31)3/h5-6,8-9,19,25,27-31H,7,10-18,20-21H2,1-4H3/b24-19+/t25-,27-,28+,29-,30-,31-,32-,33-/m0/s1. The summed E-state index contributed by atoms with van der Waals surface area (Å²) in [7, 11) is 2.27. The maximum Gasteiger partial charge on any atom is 0.303 e. The molecule has 5 heteroatoms. The molecule has 208 valence electrons. The molecule has 4 aliphatic carbocycles. The number of esters is 1. The first-order chi connectivity index (χ1) is 18.2. The van der Waals surface area contributed by atoms with Crippen LogP contribution in [0.3, 0.4) is 0 Å². The first-order valence-corrected chi connectivity index (χ1v) is 16.0. The Kier molecular flexibility index (Phi) is 7.35. The van der Waals surface area contributed by atoms with Gasteiger partial charge in [0, 0.05) is 49.0 Å². The van der Waals surface area contributed by atoms with Crippen LogP contribution in [0, 0.1) is 34.5 Å². The highest BCUT2D eigenvalue weighted by Gasteiger charge is 2.62. The maximum absolute atomic E-state index is 12.3. The maximum atomic E-state index is 12.3. The van der Waals surface area contributed by atoms with Crippen LogP contribution in [-0.4, -0.2) is 61.1 Å². The summed E-state index contributed by atoms with van der Waals surface area (Å²) in [4.78, 5) is 17.6. The number of likely N-dealkylation sites (N-methyl/N-ethyl adjacent to an activating group) is 1. The number of carbonyl (C=O) groups is 1. The summed E-state index contributed by atoms with van der Waals surface area (Å²) in [5, 5.41) is 0. The quantitative estimate of drug-likeness (QED) is 0.358. The van der Waals surface area contributed by atoms with E-state index in [1.54, 1.807) is 6.92 Å². The molecule has 0 unspecified atom stereocenters. The molecule has 1 aromatic rings. The molecule has 1 heterocycles. The zero-order valence-electron chi connectivity index (χ0n) is 23.9. The van der Waals surface area contributed by atoms with Gasteiger partial charge in [0.25, 0.3) is 0 Å². The molecule has 1 aromatic carbocycles. The minimum atomic E-state index is -0.140. The molecule has 0 bridgehead atoms. The van der Waals surface area contributed by atoms with Gasteiger partial charge in [-0.25, -0.2) is 0 Å². The molecule has 8 atom stereocenters. The molecule has 5 fully saturated rings. The second-order valence-corrected chi connectivity index (χ2v) is 14.8. The fourth-order valence-electron chi connectivity index (χ4n) is 9.88. The summed E-state index contributed by atoms with van der Waals surface area (Å²) in [6.45, 7) is 11.7. The number of benzene rings is 1. The molecule has 1 saturated heterocycles. The lowest BCUT2D eigenvalue weighted by Gasteiger charge is -2.61. The van der Waals surface area contributed by atoms with Crippen molar-refractivity contribution in [3.8, 4) is 0 Å². The van der Waals surface area contributed by atoms with Gasteiger partial charge in [0.05, 0.1) is 0 Å². The second kappa shape index (κ2) is 10.3. The van der Waals surface area contributed by atoms with Crippen molar-refractivity contribution in [2.24, 2.45) is 34.5 Å². The van der Waals surface area contributed by atoms with E-state index in [2.05, 4.69) is 77.0 Å². The van der Waals surface area contributed by atoms with E-state index in [1.165, 1.54) is 82.3 Å². The molecule has 0 N–H and O–H groups in total. The van der Waals surface area contributed by atoms with Gasteiger partial charge in [0.2, 0.25) is 0 Å². The summed E-state index contributed by atoms with van der Waals surface area (Å²) in [6.07, 6.45) is 12.7. The fraction of sp³-hybridized carbons (Fsp3) is 0.727. The molecular formula is C33H47BrN2O2. The Balaban J connectivity index is 1.23. The molecule has 38 heavy (non-hydrogen) atoms. The SMILES string of the molecule is CC(=O)O[C@H]1/C(=C/c2ccc(Br)cc2)C[C@H]2[C@@H]3CC[C@H]4C[C@@H](N5CCN(C)CC5)CC[C@]4(C)[C@H]3CC[C@]12C. The molecule has 0 radical (unpaired) electrons. The molecular weight excluding hydrogens is 536 g/mol. The summed E-state index contributed by atoms with van der Waals surface area (Å²) in [5.41, 5.74) is 3.07. The van der Waals surface area contributed by atoms with Gasteiger partial charge in [-0.05, 0) is 111 Å². The number of fused-ring (bicyclic) bond motifs is 5. The molecule has 0 aromatic heterocycles. The topological polar surface area (TPSA) is 32.8 Å². The zero-order valence-corrected chi connectivity index (χ0v) is 25.5. The van der Waals surface area contributed by atoms with Crippen molar-refractivity contribution in [3.05, 3.63) is 39.9 Å². The van der Waals surface area contributed by atoms with E-state index < -0.39 is 0 Å². The summed E-state index contributed by atoms with van der Waals surface area (Å²) in [6, 6.07) is 9.34. The third-order valence-corrected chi connectivity index (χ3v) is 12.6. The monoisotopic (exact) mass is 582 g/mol. The summed E-state index contributed by atoms with van der Waals surface area (Å²) in [5.74, 6) is 2.91. The lowest BCUT2D eigenvalue weighted by Crippen LogP contribution is -2.57. The smallest absolute Gasteiger partial charge is 0.303 e. The van der Waals surface area contributed by atoms with Crippen LogP contribution < -0.4 is 0 Å². The Bertz CT molecular complexity index is 1060. The van der Waals surface area contributed by atoms with Crippen molar-refractivity contribution in [2.45, 2.75) is 84.3 Å². The molecule has 4 nitrogen and oxygen atoms in total. The van der Waals surface area contributed by atoms with Crippen molar-refractivity contribution >= 4 is 28.0 Å². The van der Waals surface area contributed by atoms with Crippen LogP contribution in [-0.2, 0) is 9.53 Å². The predicted molar refractivity (Wildman–Crippen MR) is 158 cm³/mol. The van der Waals surface area contributed by atoms with Gasteiger partial charge in [-0.2, -0.15) is 0 Å². The van der Waals surface area contributed by atoms with Crippen LogP contribution in [0.1, 0.15) is 77.7 Å². The highest BCUT2D eigenvalue weighted by molar-refractivity contribution is 9.10. The Labute approximate surface area is 238 Å². The number of hydrogen-bond donors (Lipinski definition) is 0. The van der Waals surface area contributed by atoms with Gasteiger partial charge in [-0.3, -0.25) is 9.69 Å². The van der Waals surface area contributed by atoms with Crippen LogP contribution in [0.15, 0.2) is 34.3 Å². The molecule has 1 aliphatic heterocycles. The third-order valence-electron chi connectivity index (χ3n) is 12.0. The number of halogens is 1. The van der Waals surface area contributed by atoms with Crippen molar-refractivity contribution in [1.82, 2.24) is 9.80 Å². The van der Waals surface area contributed by atoms with Crippen LogP contribution >= 0.6 is 15.9 Å².